The molecule has 7 heteroatoms. The molecule has 3 aromatic rings. The van der Waals surface area contributed by atoms with Crippen LogP contribution in [0.4, 0.5) is 5.13 Å². The minimum Gasteiger partial charge on any atom is -0.448 e. The molecule has 0 spiro atoms. The maximum absolute atomic E-state index is 13.5. The molecule has 2 aromatic carbocycles. The average molecular weight is 408 g/mol. The molecule has 3 heterocycles. The van der Waals surface area contributed by atoms with E-state index in [-0.39, 0.29) is 12.0 Å². The molecule has 0 unspecified atom stereocenters. The summed E-state index contributed by atoms with van der Waals surface area (Å²) >= 11 is 1.47. The van der Waals surface area contributed by atoms with Gasteiger partial charge in [-0.15, -0.1) is 0 Å². The van der Waals surface area contributed by atoms with Gasteiger partial charge in [0.1, 0.15) is 0 Å². The van der Waals surface area contributed by atoms with Gasteiger partial charge in [-0.1, -0.05) is 41.7 Å². The standard InChI is InChI=1S/C22H20N2O4S/c25-20(18-12-14-6-1-2-8-16(14)21(26)28-18)24(13-15-7-5-11-27-15)22-23-17-9-3-4-10-19(17)29-22/h1-4,6,8-10,15,18H,5,7,11-13H2/t15-,18+/m0/s1. The van der Waals surface area contributed by atoms with Crippen LogP contribution in [-0.4, -0.2) is 42.2 Å². The number of nitrogens with zero attached hydrogens (tertiary/aromatic N) is 2. The fourth-order valence-corrected chi connectivity index (χ4v) is 4.85. The Bertz CT molecular complexity index is 1040. The number of aromatic nitrogens is 1. The van der Waals surface area contributed by atoms with Gasteiger partial charge in [-0.25, -0.2) is 9.78 Å². The van der Waals surface area contributed by atoms with Crippen LogP contribution in [0.25, 0.3) is 10.2 Å². The lowest BCUT2D eigenvalue weighted by atomic mass is 9.98. The molecule has 1 fully saturated rings. The number of carbonyl (C=O) groups excluding carboxylic acids is 2. The number of thiazole rings is 1. The highest BCUT2D eigenvalue weighted by atomic mass is 32.1. The molecule has 148 valence electrons. The molecule has 6 nitrogen and oxygen atoms in total. The molecular formula is C22H20N2O4S. The van der Waals surface area contributed by atoms with Crippen molar-refractivity contribution in [1.29, 1.82) is 0 Å². The Morgan fingerprint density at radius 3 is 2.83 bits per heavy atom. The van der Waals surface area contributed by atoms with Gasteiger partial charge in [-0.2, -0.15) is 0 Å². The van der Waals surface area contributed by atoms with E-state index in [1.54, 1.807) is 17.0 Å². The van der Waals surface area contributed by atoms with Crippen molar-refractivity contribution in [2.45, 2.75) is 31.5 Å². The summed E-state index contributed by atoms with van der Waals surface area (Å²) in [6, 6.07) is 15.1. The molecule has 0 radical (unpaired) electrons. The van der Waals surface area contributed by atoms with Gasteiger partial charge in [0.05, 0.1) is 28.4 Å². The van der Waals surface area contributed by atoms with E-state index < -0.39 is 12.1 Å². The SMILES string of the molecule is O=C1O[C@@H](C(=O)N(C[C@@H]2CCCO2)c2nc3ccccc3s2)Cc2ccccc21. The number of para-hydroxylation sites is 1. The van der Waals surface area contributed by atoms with Crippen molar-refractivity contribution in [3.8, 4) is 0 Å². The van der Waals surface area contributed by atoms with Crippen LogP contribution in [-0.2, 0) is 20.7 Å². The Balaban J connectivity index is 1.47. The first kappa shape index (κ1) is 18.3. The molecule has 0 N–H and O–H groups in total. The van der Waals surface area contributed by atoms with Crippen LogP contribution >= 0.6 is 11.3 Å². The Morgan fingerprint density at radius 2 is 2.00 bits per heavy atom. The van der Waals surface area contributed by atoms with Crippen LogP contribution in [0.5, 0.6) is 0 Å². The molecule has 2 aliphatic rings. The maximum atomic E-state index is 13.5. The summed E-state index contributed by atoms with van der Waals surface area (Å²) in [4.78, 5) is 32.2. The van der Waals surface area contributed by atoms with Crippen LogP contribution in [0.3, 0.4) is 0 Å². The predicted molar refractivity (Wildman–Crippen MR) is 110 cm³/mol. The minimum atomic E-state index is -0.856. The monoisotopic (exact) mass is 408 g/mol. The largest absolute Gasteiger partial charge is 0.448 e. The third-order valence-electron chi connectivity index (χ3n) is 5.36. The van der Waals surface area contributed by atoms with E-state index in [1.807, 2.05) is 36.4 Å². The van der Waals surface area contributed by atoms with Crippen molar-refractivity contribution in [2.75, 3.05) is 18.1 Å². The highest BCUT2D eigenvalue weighted by Crippen LogP contribution is 2.31. The van der Waals surface area contributed by atoms with E-state index in [2.05, 4.69) is 4.98 Å². The third-order valence-corrected chi connectivity index (χ3v) is 6.42. The van der Waals surface area contributed by atoms with Crippen LogP contribution < -0.4 is 4.90 Å². The number of fused-ring (bicyclic) bond motifs is 2. The zero-order valence-corrected chi connectivity index (χ0v) is 16.6. The lowest BCUT2D eigenvalue weighted by Crippen LogP contribution is -2.47. The number of esters is 1. The second kappa shape index (κ2) is 7.57. The molecule has 1 aromatic heterocycles. The van der Waals surface area contributed by atoms with Crippen LogP contribution in [0.2, 0.25) is 0 Å². The van der Waals surface area contributed by atoms with Crippen molar-refractivity contribution in [2.24, 2.45) is 0 Å². The minimum absolute atomic E-state index is 0.0301. The van der Waals surface area contributed by atoms with E-state index in [0.717, 1.165) is 28.6 Å². The number of ether oxygens (including phenoxy) is 2. The Morgan fingerprint density at radius 1 is 1.17 bits per heavy atom. The van der Waals surface area contributed by atoms with Crippen LogP contribution in [0, 0.1) is 0 Å². The molecule has 29 heavy (non-hydrogen) atoms. The van der Waals surface area contributed by atoms with Crippen molar-refractivity contribution >= 4 is 38.6 Å². The quantitative estimate of drug-likeness (QED) is 0.617. The molecule has 5 rings (SSSR count). The lowest BCUT2D eigenvalue weighted by molar-refractivity contribution is -0.128. The first-order valence-electron chi connectivity index (χ1n) is 9.76. The van der Waals surface area contributed by atoms with Gasteiger partial charge in [0.2, 0.25) is 0 Å². The van der Waals surface area contributed by atoms with Gasteiger partial charge in [0.15, 0.2) is 11.2 Å². The molecule has 2 aliphatic heterocycles. The highest BCUT2D eigenvalue weighted by molar-refractivity contribution is 7.22. The summed E-state index contributed by atoms with van der Waals surface area (Å²) in [6.45, 7) is 1.12. The second-order valence-electron chi connectivity index (χ2n) is 7.30. The van der Waals surface area contributed by atoms with Crippen molar-refractivity contribution in [1.82, 2.24) is 4.98 Å². The number of carbonyl (C=O) groups is 2. The summed E-state index contributed by atoms with van der Waals surface area (Å²) in [6.07, 6.45) is 1.37. The number of hydrogen-bond acceptors (Lipinski definition) is 6. The average Bonchev–Trinajstić information content (AvgIpc) is 3.41. The molecule has 1 saturated heterocycles. The number of amides is 1. The van der Waals surface area contributed by atoms with E-state index in [0.29, 0.717) is 30.3 Å². The molecule has 1 amide bonds. The molecule has 0 saturated carbocycles. The zero-order chi connectivity index (χ0) is 19.8. The first-order chi connectivity index (χ1) is 14.2. The summed E-state index contributed by atoms with van der Waals surface area (Å²) in [5.74, 6) is -0.700. The Labute approximate surface area is 172 Å². The number of rotatable bonds is 4. The van der Waals surface area contributed by atoms with Crippen LogP contribution in [0.1, 0.15) is 28.8 Å². The van der Waals surface area contributed by atoms with E-state index in [4.69, 9.17) is 9.47 Å². The van der Waals surface area contributed by atoms with E-state index >= 15 is 0 Å². The van der Waals surface area contributed by atoms with Crippen molar-refractivity contribution < 1.29 is 19.1 Å². The Hall–Kier alpha value is -2.77. The van der Waals surface area contributed by atoms with Gasteiger partial charge < -0.3 is 9.47 Å². The maximum Gasteiger partial charge on any atom is 0.339 e. The normalized spacial score (nSPS) is 21.0. The zero-order valence-electron chi connectivity index (χ0n) is 15.7. The number of anilines is 1. The first-order valence-corrected chi connectivity index (χ1v) is 10.6. The number of cyclic esters (lactones) is 1. The van der Waals surface area contributed by atoms with Crippen LogP contribution in [0.15, 0.2) is 48.5 Å². The third kappa shape index (κ3) is 3.52. The fourth-order valence-electron chi connectivity index (χ4n) is 3.87. The number of hydrogen-bond donors (Lipinski definition) is 0. The van der Waals surface area contributed by atoms with Gasteiger partial charge in [0.25, 0.3) is 5.91 Å². The summed E-state index contributed by atoms with van der Waals surface area (Å²) in [5.41, 5.74) is 2.22. The van der Waals surface area contributed by atoms with E-state index in [9.17, 15) is 9.59 Å². The predicted octanol–water partition coefficient (Wildman–Crippen LogP) is 3.59. The smallest absolute Gasteiger partial charge is 0.339 e. The van der Waals surface area contributed by atoms with Gasteiger partial charge in [0, 0.05) is 13.0 Å². The summed E-state index contributed by atoms with van der Waals surface area (Å²) < 4.78 is 12.3. The second-order valence-corrected chi connectivity index (χ2v) is 8.31. The van der Waals surface area contributed by atoms with Crippen molar-refractivity contribution in [3.05, 3.63) is 59.7 Å². The molecule has 2 atom stereocenters. The molecule has 0 aliphatic carbocycles. The molecule has 0 bridgehead atoms. The Kier molecular flexibility index (Phi) is 4.77. The van der Waals surface area contributed by atoms with Crippen molar-refractivity contribution in [3.63, 3.8) is 0 Å². The topological polar surface area (TPSA) is 68.7 Å². The highest BCUT2D eigenvalue weighted by Gasteiger charge is 2.36. The number of benzene rings is 2. The lowest BCUT2D eigenvalue weighted by Gasteiger charge is -2.29. The van der Waals surface area contributed by atoms with E-state index in [1.165, 1.54) is 11.3 Å². The molecular weight excluding hydrogens is 388 g/mol. The summed E-state index contributed by atoms with van der Waals surface area (Å²) in [7, 11) is 0. The van der Waals surface area contributed by atoms with Gasteiger partial charge in [-0.05, 0) is 36.6 Å². The fraction of sp³-hybridized carbons (Fsp3) is 0.318. The summed E-state index contributed by atoms with van der Waals surface area (Å²) in [5, 5.41) is 0.613. The van der Waals surface area contributed by atoms with Gasteiger partial charge >= 0.3 is 5.97 Å². The van der Waals surface area contributed by atoms with Gasteiger partial charge in [-0.3, -0.25) is 9.69 Å².